The summed E-state index contributed by atoms with van der Waals surface area (Å²) in [6, 6.07) is 7.76. The van der Waals surface area contributed by atoms with E-state index in [0.29, 0.717) is 32.0 Å². The van der Waals surface area contributed by atoms with E-state index < -0.39 is 11.2 Å². The smallest absolute Gasteiger partial charge is 0.350 e. The highest BCUT2D eigenvalue weighted by molar-refractivity contribution is 8.00. The number of para-hydroxylation sites is 1. The van der Waals surface area contributed by atoms with Gasteiger partial charge in [-0.2, -0.15) is 0 Å². The number of carbonyl (C=O) groups excluding carboxylic acids is 2. The van der Waals surface area contributed by atoms with E-state index in [9.17, 15) is 9.59 Å². The summed E-state index contributed by atoms with van der Waals surface area (Å²) in [7, 11) is 0. The maximum atomic E-state index is 12.6. The van der Waals surface area contributed by atoms with Crippen molar-refractivity contribution >= 4 is 62.2 Å². The first kappa shape index (κ1) is 20.2. The molecule has 0 radical (unpaired) electrons. The van der Waals surface area contributed by atoms with Crippen molar-refractivity contribution in [3.63, 3.8) is 0 Å². The van der Waals surface area contributed by atoms with Gasteiger partial charge in [-0.15, -0.1) is 10.2 Å². The van der Waals surface area contributed by atoms with E-state index in [2.05, 4.69) is 30.5 Å². The van der Waals surface area contributed by atoms with Gasteiger partial charge in [0.05, 0.1) is 17.6 Å². The first-order valence-corrected chi connectivity index (χ1v) is 10.9. The molecule has 0 aliphatic carbocycles. The molecular weight excluding hydrogens is 424 g/mol. The van der Waals surface area contributed by atoms with Crippen LogP contribution in [0.1, 0.15) is 29.2 Å². The van der Waals surface area contributed by atoms with Gasteiger partial charge in [-0.3, -0.25) is 4.79 Å². The molecule has 3 aromatic heterocycles. The summed E-state index contributed by atoms with van der Waals surface area (Å²) in [5, 5.41) is 12.3. The van der Waals surface area contributed by atoms with Crippen molar-refractivity contribution in [2.45, 2.75) is 31.2 Å². The minimum atomic E-state index is -0.496. The minimum absolute atomic E-state index is 0.274. The van der Waals surface area contributed by atoms with E-state index in [1.54, 1.807) is 20.8 Å². The summed E-state index contributed by atoms with van der Waals surface area (Å²) in [4.78, 5) is 36.8. The molecule has 11 heteroatoms. The van der Waals surface area contributed by atoms with Crippen LogP contribution in [0.5, 0.6) is 0 Å². The van der Waals surface area contributed by atoms with Crippen molar-refractivity contribution in [2.24, 2.45) is 0 Å². The fourth-order valence-corrected chi connectivity index (χ4v) is 4.39. The Morgan fingerprint density at radius 2 is 2.07 bits per heavy atom. The summed E-state index contributed by atoms with van der Waals surface area (Å²) in [6.07, 6.45) is 0. The third kappa shape index (κ3) is 3.98. The van der Waals surface area contributed by atoms with E-state index in [1.807, 2.05) is 24.3 Å². The lowest BCUT2D eigenvalue weighted by Gasteiger charge is -2.08. The average molecular weight is 443 g/mol. The second-order valence-corrected chi connectivity index (χ2v) is 8.67. The van der Waals surface area contributed by atoms with Crippen LogP contribution in [0.3, 0.4) is 0 Å². The molecule has 9 nitrogen and oxygen atoms in total. The van der Waals surface area contributed by atoms with E-state index in [0.717, 1.165) is 22.2 Å². The van der Waals surface area contributed by atoms with Crippen LogP contribution in [-0.2, 0) is 9.53 Å². The Labute approximate surface area is 179 Å². The number of benzene rings is 1. The van der Waals surface area contributed by atoms with Crippen LogP contribution in [0.4, 0.5) is 5.13 Å². The lowest BCUT2D eigenvalue weighted by molar-refractivity contribution is -0.115. The summed E-state index contributed by atoms with van der Waals surface area (Å²) in [5.41, 5.74) is 2.76. The van der Waals surface area contributed by atoms with Gasteiger partial charge in [-0.25, -0.2) is 14.8 Å². The number of thiazole rings is 1. The number of hydrogen-bond acceptors (Lipinski definition) is 9. The molecule has 0 aliphatic rings. The summed E-state index contributed by atoms with van der Waals surface area (Å²) >= 11 is 2.28. The van der Waals surface area contributed by atoms with E-state index in [-0.39, 0.29) is 12.5 Å². The Kier molecular flexibility index (Phi) is 5.64. The summed E-state index contributed by atoms with van der Waals surface area (Å²) < 4.78 is 5.00. The van der Waals surface area contributed by atoms with Gasteiger partial charge in [-0.05, 0) is 26.8 Å². The highest BCUT2D eigenvalue weighted by Crippen LogP contribution is 2.27. The van der Waals surface area contributed by atoms with Crippen molar-refractivity contribution in [2.75, 3.05) is 11.9 Å². The lowest BCUT2D eigenvalue weighted by atomic mass is 10.2. The Morgan fingerprint density at radius 1 is 1.27 bits per heavy atom. The van der Waals surface area contributed by atoms with Crippen LogP contribution >= 0.6 is 23.1 Å². The number of nitrogens with one attached hydrogen (secondary N) is 2. The first-order valence-electron chi connectivity index (χ1n) is 9.19. The van der Waals surface area contributed by atoms with Gasteiger partial charge in [0.25, 0.3) is 0 Å². The number of carbonyl (C=O) groups is 2. The fraction of sp³-hybridized carbons (Fsp3) is 0.263. The molecule has 0 aliphatic heterocycles. The second kappa shape index (κ2) is 8.36. The molecule has 1 unspecified atom stereocenters. The van der Waals surface area contributed by atoms with Gasteiger partial charge in [-0.1, -0.05) is 41.3 Å². The Bertz CT molecular complexity index is 1250. The summed E-state index contributed by atoms with van der Waals surface area (Å²) in [5.74, 6) is -0.717. The fourth-order valence-electron chi connectivity index (χ4n) is 2.81. The largest absolute Gasteiger partial charge is 0.462 e. The van der Waals surface area contributed by atoms with Crippen molar-refractivity contribution in [1.29, 1.82) is 0 Å². The van der Waals surface area contributed by atoms with Crippen LogP contribution < -0.4 is 5.32 Å². The number of aryl methyl sites for hydroxylation is 1. The Hall–Kier alpha value is -3.05. The lowest BCUT2D eigenvalue weighted by Crippen LogP contribution is -2.22. The third-order valence-corrected chi connectivity index (χ3v) is 6.25. The van der Waals surface area contributed by atoms with E-state index >= 15 is 0 Å². The molecule has 4 aromatic rings. The zero-order valence-electron chi connectivity index (χ0n) is 16.4. The molecular formula is C19H18N6O3S2. The molecule has 0 fully saturated rings. The molecule has 3 heterocycles. The number of rotatable bonds is 6. The zero-order valence-corrected chi connectivity index (χ0v) is 18.1. The number of nitrogens with zero attached hydrogens (tertiary/aromatic N) is 4. The summed E-state index contributed by atoms with van der Waals surface area (Å²) in [6.45, 7) is 5.46. The number of ether oxygens (including phenoxy) is 1. The number of aromatic nitrogens is 5. The molecule has 2 N–H and O–H groups in total. The SMILES string of the molecule is CCOC(=O)c1sc(NC(=O)C(C)Sc2nnc3c(n2)[nH]c2ccccc23)nc1C. The molecule has 1 amide bonds. The number of amides is 1. The number of aromatic amines is 1. The second-order valence-electron chi connectivity index (χ2n) is 6.37. The molecule has 0 saturated carbocycles. The predicted molar refractivity (Wildman–Crippen MR) is 116 cm³/mol. The quantitative estimate of drug-likeness (QED) is 0.343. The highest BCUT2D eigenvalue weighted by Gasteiger charge is 2.21. The van der Waals surface area contributed by atoms with Crippen LogP contribution in [0.2, 0.25) is 0 Å². The van der Waals surface area contributed by atoms with Crippen molar-refractivity contribution in [1.82, 2.24) is 25.1 Å². The highest BCUT2D eigenvalue weighted by atomic mass is 32.2. The number of thioether (sulfide) groups is 1. The van der Waals surface area contributed by atoms with Crippen LogP contribution in [0, 0.1) is 6.92 Å². The molecule has 1 atom stereocenters. The Balaban J connectivity index is 1.46. The number of anilines is 1. The number of hydrogen-bond donors (Lipinski definition) is 2. The van der Waals surface area contributed by atoms with Gasteiger partial charge < -0.3 is 15.0 Å². The van der Waals surface area contributed by atoms with E-state index in [4.69, 9.17) is 4.74 Å². The standard InChI is InChI=1S/C19H18N6O3S2/c1-4-28-17(27)14-9(2)20-18(30-14)23-16(26)10(3)29-19-22-15-13(24-25-19)11-7-5-6-8-12(11)21-15/h5-8,10H,4H2,1-3H3,(H,20,23,26)(H,21,22,25). The van der Waals surface area contributed by atoms with Crippen LogP contribution in [0.25, 0.3) is 22.1 Å². The zero-order chi connectivity index (χ0) is 21.3. The van der Waals surface area contributed by atoms with Crippen LogP contribution in [-0.4, -0.2) is 48.9 Å². The first-order chi connectivity index (χ1) is 14.5. The normalized spacial score (nSPS) is 12.2. The van der Waals surface area contributed by atoms with Gasteiger partial charge in [0.2, 0.25) is 11.1 Å². The molecule has 30 heavy (non-hydrogen) atoms. The molecule has 0 spiro atoms. The molecule has 154 valence electrons. The molecule has 1 aromatic carbocycles. The van der Waals surface area contributed by atoms with Gasteiger partial charge >= 0.3 is 5.97 Å². The Morgan fingerprint density at radius 3 is 2.87 bits per heavy atom. The van der Waals surface area contributed by atoms with Gasteiger partial charge in [0.15, 0.2) is 10.8 Å². The minimum Gasteiger partial charge on any atom is -0.462 e. The number of esters is 1. The van der Waals surface area contributed by atoms with Crippen molar-refractivity contribution < 1.29 is 14.3 Å². The topological polar surface area (TPSA) is 123 Å². The van der Waals surface area contributed by atoms with Crippen LogP contribution in [0.15, 0.2) is 29.4 Å². The molecule has 4 rings (SSSR count). The van der Waals surface area contributed by atoms with Gasteiger partial charge in [0.1, 0.15) is 10.4 Å². The number of H-pyrrole nitrogens is 1. The van der Waals surface area contributed by atoms with Crippen molar-refractivity contribution in [3.8, 4) is 0 Å². The predicted octanol–water partition coefficient (Wildman–Crippen LogP) is 3.57. The maximum Gasteiger partial charge on any atom is 0.350 e. The third-order valence-electron chi connectivity index (χ3n) is 4.24. The van der Waals surface area contributed by atoms with E-state index in [1.165, 1.54) is 11.8 Å². The monoisotopic (exact) mass is 442 g/mol. The maximum absolute atomic E-state index is 12.6. The number of fused-ring (bicyclic) bond motifs is 3. The van der Waals surface area contributed by atoms with Crippen molar-refractivity contribution in [3.05, 3.63) is 34.8 Å². The molecule has 0 saturated heterocycles. The van der Waals surface area contributed by atoms with Gasteiger partial charge in [0, 0.05) is 10.9 Å². The molecule has 0 bridgehead atoms. The average Bonchev–Trinajstić information content (AvgIpc) is 3.27.